The Morgan fingerprint density at radius 3 is 2.55 bits per heavy atom. The van der Waals surface area contributed by atoms with E-state index in [1.807, 2.05) is 41.3 Å². The molecule has 5 rings (SSSR count). The number of rotatable bonds is 3. The van der Waals surface area contributed by atoms with E-state index in [0.29, 0.717) is 13.1 Å². The maximum absolute atomic E-state index is 13.2. The van der Waals surface area contributed by atoms with Crippen LogP contribution in [0.3, 0.4) is 0 Å². The van der Waals surface area contributed by atoms with Gasteiger partial charge < -0.3 is 19.4 Å². The average molecular weight is 457 g/mol. The Balaban J connectivity index is 1.28. The third-order valence-electron chi connectivity index (χ3n) is 5.98. The summed E-state index contributed by atoms with van der Waals surface area (Å²) in [4.78, 5) is 24.4. The number of aryl methyl sites for hydroxylation is 1. The minimum atomic E-state index is 0.0886. The van der Waals surface area contributed by atoms with Crippen molar-refractivity contribution in [1.29, 1.82) is 0 Å². The molecule has 0 radical (unpaired) electrons. The van der Waals surface area contributed by atoms with Crippen molar-refractivity contribution in [3.05, 3.63) is 52.5 Å². The first-order valence-corrected chi connectivity index (χ1v) is 11.8. The molecule has 0 bridgehead atoms. The van der Waals surface area contributed by atoms with Crippen LogP contribution in [0.5, 0.6) is 0 Å². The van der Waals surface area contributed by atoms with Crippen molar-refractivity contribution in [3.8, 4) is 0 Å². The summed E-state index contributed by atoms with van der Waals surface area (Å²) < 4.78 is 6.49. The Morgan fingerprint density at radius 1 is 1.00 bits per heavy atom. The average Bonchev–Trinajstić information content (AvgIpc) is 3.24. The van der Waals surface area contributed by atoms with Crippen LogP contribution in [-0.4, -0.2) is 68.3 Å². The van der Waals surface area contributed by atoms with Crippen molar-refractivity contribution in [1.82, 2.24) is 9.88 Å². The second kappa shape index (κ2) is 8.65. The molecule has 1 amide bonds. The highest BCUT2D eigenvalue weighted by Crippen LogP contribution is 2.31. The molecule has 31 heavy (non-hydrogen) atoms. The first-order chi connectivity index (χ1) is 15.1. The van der Waals surface area contributed by atoms with Gasteiger partial charge in [0.2, 0.25) is 0 Å². The maximum Gasteiger partial charge on any atom is 0.254 e. The molecule has 2 fully saturated rings. The largest absolute Gasteiger partial charge is 0.378 e. The fraction of sp³-hybridized carbons (Fsp3) is 0.391. The maximum atomic E-state index is 13.2. The minimum Gasteiger partial charge on any atom is -0.378 e. The molecule has 0 aliphatic carbocycles. The number of hydrogen-bond donors (Lipinski definition) is 0. The lowest BCUT2D eigenvalue weighted by Gasteiger charge is -2.37. The fourth-order valence-corrected chi connectivity index (χ4v) is 5.41. The quantitative estimate of drug-likeness (QED) is 0.595. The number of halogens is 1. The van der Waals surface area contributed by atoms with Crippen molar-refractivity contribution < 1.29 is 9.53 Å². The molecular weight excluding hydrogens is 432 g/mol. The van der Waals surface area contributed by atoms with Crippen molar-refractivity contribution in [2.75, 3.05) is 62.3 Å². The predicted molar refractivity (Wildman–Crippen MR) is 127 cm³/mol. The molecule has 0 N–H and O–H groups in total. The van der Waals surface area contributed by atoms with Crippen molar-refractivity contribution in [2.45, 2.75) is 6.92 Å². The summed E-state index contributed by atoms with van der Waals surface area (Å²) in [5.41, 5.74) is 4.04. The molecular formula is C23H25ClN4O2S. The summed E-state index contributed by atoms with van der Waals surface area (Å²) in [7, 11) is 0. The van der Waals surface area contributed by atoms with Crippen LogP contribution < -0.4 is 9.80 Å². The molecule has 0 atom stereocenters. The first kappa shape index (κ1) is 20.5. The van der Waals surface area contributed by atoms with Gasteiger partial charge in [0.15, 0.2) is 5.13 Å². The van der Waals surface area contributed by atoms with E-state index in [9.17, 15) is 4.79 Å². The van der Waals surface area contributed by atoms with Crippen LogP contribution in [0.1, 0.15) is 15.9 Å². The zero-order valence-corrected chi connectivity index (χ0v) is 19.1. The topological polar surface area (TPSA) is 48.9 Å². The Bertz CT molecular complexity index is 1100. The Kier molecular flexibility index (Phi) is 5.73. The van der Waals surface area contributed by atoms with Crippen molar-refractivity contribution >= 4 is 49.9 Å². The highest BCUT2D eigenvalue weighted by molar-refractivity contribution is 7.22. The lowest BCUT2D eigenvalue weighted by Crippen LogP contribution is -2.49. The van der Waals surface area contributed by atoms with Crippen LogP contribution >= 0.6 is 22.9 Å². The van der Waals surface area contributed by atoms with Crippen molar-refractivity contribution in [3.63, 3.8) is 0 Å². The van der Waals surface area contributed by atoms with E-state index >= 15 is 0 Å². The summed E-state index contributed by atoms with van der Waals surface area (Å²) >= 11 is 7.84. The number of morpholine rings is 1. The second-order valence-electron chi connectivity index (χ2n) is 7.99. The van der Waals surface area contributed by atoms with Gasteiger partial charge in [0.25, 0.3) is 5.91 Å². The molecule has 8 heteroatoms. The van der Waals surface area contributed by atoms with Gasteiger partial charge in [-0.2, -0.15) is 0 Å². The van der Waals surface area contributed by atoms with Gasteiger partial charge in [-0.1, -0.05) is 29.0 Å². The van der Waals surface area contributed by atoms with Gasteiger partial charge in [0.05, 0.1) is 23.4 Å². The van der Waals surface area contributed by atoms with E-state index in [4.69, 9.17) is 21.3 Å². The molecule has 3 aromatic rings. The highest BCUT2D eigenvalue weighted by Gasteiger charge is 2.24. The Hall–Kier alpha value is -2.35. The lowest BCUT2D eigenvalue weighted by molar-refractivity contribution is 0.0747. The zero-order valence-electron chi connectivity index (χ0n) is 17.5. The number of thiazole rings is 1. The molecule has 162 valence electrons. The number of carbonyl (C=O) groups is 1. The number of carbonyl (C=O) groups excluding carboxylic acids is 1. The van der Waals surface area contributed by atoms with E-state index in [1.54, 1.807) is 11.3 Å². The van der Waals surface area contributed by atoms with E-state index in [1.165, 1.54) is 5.56 Å². The van der Waals surface area contributed by atoms with Crippen LogP contribution in [0.4, 0.5) is 10.8 Å². The molecule has 3 heterocycles. The van der Waals surface area contributed by atoms with Gasteiger partial charge in [0.1, 0.15) is 0 Å². The van der Waals surface area contributed by atoms with Gasteiger partial charge in [-0.15, -0.1) is 0 Å². The van der Waals surface area contributed by atoms with Gasteiger partial charge in [-0.05, 0) is 42.8 Å². The standard InChI is InChI=1S/C23H25ClN4O2S/c1-16-2-4-18(24)15-20(16)26-6-8-27(9-7-26)22(29)17-3-5-19-21(14-17)31-23(25-19)28-10-12-30-13-11-28/h2-5,14-15H,6-13H2,1H3. The summed E-state index contributed by atoms with van der Waals surface area (Å²) in [6.45, 7) is 8.30. The van der Waals surface area contributed by atoms with Crippen LogP contribution in [-0.2, 0) is 4.74 Å². The third-order valence-corrected chi connectivity index (χ3v) is 7.30. The second-order valence-corrected chi connectivity index (χ2v) is 9.43. The van der Waals surface area contributed by atoms with Gasteiger partial charge in [-0.3, -0.25) is 4.79 Å². The van der Waals surface area contributed by atoms with Gasteiger partial charge in [0, 0.05) is 55.5 Å². The number of aromatic nitrogens is 1. The number of anilines is 2. The smallest absolute Gasteiger partial charge is 0.254 e. The molecule has 2 saturated heterocycles. The minimum absolute atomic E-state index is 0.0886. The molecule has 2 aromatic carbocycles. The van der Waals surface area contributed by atoms with Crippen LogP contribution in [0.25, 0.3) is 10.2 Å². The predicted octanol–water partition coefficient (Wildman–Crippen LogP) is 4.06. The highest BCUT2D eigenvalue weighted by atomic mass is 35.5. The number of ether oxygens (including phenoxy) is 1. The number of piperazine rings is 1. The lowest BCUT2D eigenvalue weighted by atomic mass is 10.1. The summed E-state index contributed by atoms with van der Waals surface area (Å²) in [6, 6.07) is 11.8. The summed E-state index contributed by atoms with van der Waals surface area (Å²) in [5, 5.41) is 1.75. The number of fused-ring (bicyclic) bond motifs is 1. The normalized spacial score (nSPS) is 17.4. The van der Waals surface area contributed by atoms with E-state index in [-0.39, 0.29) is 5.91 Å². The van der Waals surface area contributed by atoms with Crippen molar-refractivity contribution in [2.24, 2.45) is 0 Å². The van der Waals surface area contributed by atoms with Gasteiger partial charge >= 0.3 is 0 Å². The third kappa shape index (κ3) is 4.22. The summed E-state index contributed by atoms with van der Waals surface area (Å²) in [6.07, 6.45) is 0. The molecule has 0 spiro atoms. The van der Waals surface area contributed by atoms with Crippen LogP contribution in [0.2, 0.25) is 5.02 Å². The number of amides is 1. The molecule has 1 aromatic heterocycles. The van der Waals surface area contributed by atoms with Crippen LogP contribution in [0, 0.1) is 6.92 Å². The van der Waals surface area contributed by atoms with Gasteiger partial charge in [-0.25, -0.2) is 4.98 Å². The fourth-order valence-electron chi connectivity index (χ4n) is 4.19. The molecule has 2 aliphatic rings. The number of hydrogen-bond acceptors (Lipinski definition) is 6. The molecule has 0 unspecified atom stereocenters. The van der Waals surface area contributed by atoms with Crippen LogP contribution in [0.15, 0.2) is 36.4 Å². The molecule has 6 nitrogen and oxygen atoms in total. The Labute approximate surface area is 191 Å². The SMILES string of the molecule is Cc1ccc(Cl)cc1N1CCN(C(=O)c2ccc3nc(N4CCOCC4)sc3c2)CC1. The van der Waals surface area contributed by atoms with E-state index < -0.39 is 0 Å². The monoisotopic (exact) mass is 456 g/mol. The number of nitrogens with zero attached hydrogens (tertiary/aromatic N) is 4. The first-order valence-electron chi connectivity index (χ1n) is 10.6. The number of benzene rings is 2. The molecule has 0 saturated carbocycles. The summed E-state index contributed by atoms with van der Waals surface area (Å²) in [5.74, 6) is 0.0886. The molecule has 2 aliphatic heterocycles. The Morgan fingerprint density at radius 2 is 1.77 bits per heavy atom. The van der Waals surface area contributed by atoms with E-state index in [2.05, 4.69) is 16.7 Å². The zero-order chi connectivity index (χ0) is 21.4. The van der Waals surface area contributed by atoms with E-state index in [0.717, 1.165) is 71.0 Å².